The van der Waals surface area contributed by atoms with E-state index in [2.05, 4.69) is 38.7 Å². The number of rotatable bonds is 2. The lowest BCUT2D eigenvalue weighted by Gasteiger charge is -2.13. The number of aromatic nitrogens is 1. The fourth-order valence-electron chi connectivity index (χ4n) is 1.88. The first-order valence-corrected chi connectivity index (χ1v) is 5.73. The van der Waals surface area contributed by atoms with E-state index in [0.29, 0.717) is 17.9 Å². The molecular weight excluding hydrogens is 186 g/mol. The summed E-state index contributed by atoms with van der Waals surface area (Å²) >= 11 is 0. The molecule has 1 aromatic heterocycles. The number of nitrogens with zero attached hydrogens (tertiary/aromatic N) is 1. The molecule has 2 nitrogen and oxygen atoms in total. The summed E-state index contributed by atoms with van der Waals surface area (Å²) in [6.07, 6.45) is 3.26. The quantitative estimate of drug-likeness (QED) is 0.740. The third kappa shape index (κ3) is 1.99. The first-order chi connectivity index (χ1) is 7.08. The topological polar surface area (TPSA) is 22.1 Å². The molecule has 0 bridgehead atoms. The molecule has 0 aliphatic carbocycles. The normalized spacial score (nSPS) is 19.5. The van der Waals surface area contributed by atoms with Crippen LogP contribution < -0.4 is 4.74 Å². The van der Waals surface area contributed by atoms with E-state index in [-0.39, 0.29) is 0 Å². The van der Waals surface area contributed by atoms with Gasteiger partial charge in [-0.3, -0.25) is 4.98 Å². The van der Waals surface area contributed by atoms with Crippen LogP contribution in [0.5, 0.6) is 5.75 Å². The Hall–Kier alpha value is -1.05. The molecule has 0 amide bonds. The average Bonchev–Trinajstić information content (AvgIpc) is 2.59. The van der Waals surface area contributed by atoms with Gasteiger partial charge < -0.3 is 4.74 Å². The van der Waals surface area contributed by atoms with Crippen molar-refractivity contribution in [3.8, 4) is 5.75 Å². The summed E-state index contributed by atoms with van der Waals surface area (Å²) in [5.74, 6) is 2.05. The minimum atomic E-state index is 0.337. The predicted octanol–water partition coefficient (Wildman–Crippen LogP) is 3.16. The Balaban J connectivity index is 2.24. The van der Waals surface area contributed by atoms with Crippen molar-refractivity contribution in [2.24, 2.45) is 5.92 Å². The largest absolute Gasteiger partial charge is 0.488 e. The summed E-state index contributed by atoms with van der Waals surface area (Å²) in [6.45, 7) is 8.75. The Morgan fingerprint density at radius 2 is 2.07 bits per heavy atom. The van der Waals surface area contributed by atoms with Crippen molar-refractivity contribution in [3.05, 3.63) is 23.5 Å². The van der Waals surface area contributed by atoms with Crippen LogP contribution in [0.2, 0.25) is 0 Å². The second-order valence-electron chi connectivity index (χ2n) is 4.98. The average molecular weight is 205 g/mol. The molecule has 1 aliphatic rings. The molecule has 82 valence electrons. The summed E-state index contributed by atoms with van der Waals surface area (Å²) in [5.41, 5.74) is 2.49. The Morgan fingerprint density at radius 3 is 2.67 bits per heavy atom. The van der Waals surface area contributed by atoms with Crippen molar-refractivity contribution in [1.82, 2.24) is 4.98 Å². The van der Waals surface area contributed by atoms with Gasteiger partial charge in [-0.2, -0.15) is 0 Å². The van der Waals surface area contributed by atoms with E-state index < -0.39 is 0 Å². The summed E-state index contributed by atoms with van der Waals surface area (Å²) in [6, 6.07) is 2.20. The number of pyridine rings is 1. The summed E-state index contributed by atoms with van der Waals surface area (Å²) in [7, 11) is 0. The predicted molar refractivity (Wildman–Crippen MR) is 61.3 cm³/mol. The zero-order valence-electron chi connectivity index (χ0n) is 9.95. The van der Waals surface area contributed by atoms with Crippen LogP contribution in [0.1, 0.15) is 44.9 Å². The lowest BCUT2D eigenvalue weighted by molar-refractivity contribution is 0.178. The van der Waals surface area contributed by atoms with Gasteiger partial charge in [0, 0.05) is 17.7 Å². The molecule has 1 aromatic rings. The van der Waals surface area contributed by atoms with Crippen LogP contribution in [0.25, 0.3) is 0 Å². The van der Waals surface area contributed by atoms with E-state index in [1.165, 1.54) is 11.3 Å². The van der Waals surface area contributed by atoms with Crippen molar-refractivity contribution in [3.63, 3.8) is 0 Å². The minimum Gasteiger partial charge on any atom is -0.488 e. The van der Waals surface area contributed by atoms with E-state index in [4.69, 9.17) is 4.74 Å². The first kappa shape index (κ1) is 10.5. The van der Waals surface area contributed by atoms with Gasteiger partial charge in [0.25, 0.3) is 0 Å². The summed E-state index contributed by atoms with van der Waals surface area (Å²) < 4.78 is 5.84. The van der Waals surface area contributed by atoms with Crippen LogP contribution in [-0.2, 0) is 6.42 Å². The van der Waals surface area contributed by atoms with E-state index in [9.17, 15) is 0 Å². The Morgan fingerprint density at radius 1 is 1.33 bits per heavy atom. The van der Waals surface area contributed by atoms with Gasteiger partial charge in [-0.05, 0) is 17.9 Å². The molecule has 2 rings (SSSR count). The number of hydrogen-bond acceptors (Lipinski definition) is 2. The molecule has 0 saturated carbocycles. The SMILES string of the molecule is CC(C)c1cc2c(cn1)OC(C(C)C)C2. The van der Waals surface area contributed by atoms with Crippen LogP contribution in [0, 0.1) is 5.92 Å². The molecular formula is C13H19NO. The van der Waals surface area contributed by atoms with Gasteiger partial charge in [0.05, 0.1) is 6.20 Å². The highest BCUT2D eigenvalue weighted by Gasteiger charge is 2.26. The third-order valence-corrected chi connectivity index (χ3v) is 3.00. The Bertz CT molecular complexity index is 358. The summed E-state index contributed by atoms with van der Waals surface area (Å²) in [5, 5.41) is 0. The maximum atomic E-state index is 5.84. The van der Waals surface area contributed by atoms with Gasteiger partial charge in [-0.1, -0.05) is 27.7 Å². The second kappa shape index (κ2) is 3.84. The van der Waals surface area contributed by atoms with Crippen molar-refractivity contribution in [2.45, 2.75) is 46.1 Å². The lowest BCUT2D eigenvalue weighted by Crippen LogP contribution is -2.19. The van der Waals surface area contributed by atoms with E-state index in [1.54, 1.807) is 0 Å². The fourth-order valence-corrected chi connectivity index (χ4v) is 1.88. The maximum Gasteiger partial charge on any atom is 0.141 e. The lowest BCUT2D eigenvalue weighted by atomic mass is 10.0. The molecule has 0 radical (unpaired) electrons. The van der Waals surface area contributed by atoms with Gasteiger partial charge >= 0.3 is 0 Å². The Labute approximate surface area is 91.7 Å². The molecule has 0 aromatic carbocycles. The van der Waals surface area contributed by atoms with E-state index in [1.807, 2.05) is 6.20 Å². The molecule has 15 heavy (non-hydrogen) atoms. The first-order valence-electron chi connectivity index (χ1n) is 5.73. The minimum absolute atomic E-state index is 0.337. The molecule has 0 saturated heterocycles. The van der Waals surface area contributed by atoms with E-state index >= 15 is 0 Å². The van der Waals surface area contributed by atoms with Gasteiger partial charge in [0.15, 0.2) is 0 Å². The fraction of sp³-hybridized carbons (Fsp3) is 0.615. The van der Waals surface area contributed by atoms with Crippen LogP contribution in [0.4, 0.5) is 0 Å². The maximum absolute atomic E-state index is 5.84. The highest BCUT2D eigenvalue weighted by atomic mass is 16.5. The second-order valence-corrected chi connectivity index (χ2v) is 4.98. The number of hydrogen-bond donors (Lipinski definition) is 0. The van der Waals surface area contributed by atoms with Crippen LogP contribution in [-0.4, -0.2) is 11.1 Å². The molecule has 0 N–H and O–H groups in total. The number of ether oxygens (including phenoxy) is 1. The van der Waals surface area contributed by atoms with Crippen LogP contribution >= 0.6 is 0 Å². The standard InChI is InChI=1S/C13H19NO/c1-8(2)11-5-10-6-12(9(3)4)15-13(10)7-14-11/h5,7-9,12H,6H2,1-4H3. The zero-order valence-corrected chi connectivity index (χ0v) is 9.95. The van der Waals surface area contributed by atoms with Crippen molar-refractivity contribution < 1.29 is 4.74 Å². The van der Waals surface area contributed by atoms with Gasteiger partial charge in [0.2, 0.25) is 0 Å². The van der Waals surface area contributed by atoms with Crippen molar-refractivity contribution in [2.75, 3.05) is 0 Å². The monoisotopic (exact) mass is 205 g/mol. The molecule has 0 fully saturated rings. The highest BCUT2D eigenvalue weighted by Crippen LogP contribution is 2.32. The zero-order chi connectivity index (χ0) is 11.0. The number of fused-ring (bicyclic) bond motifs is 1. The summed E-state index contributed by atoms with van der Waals surface area (Å²) in [4.78, 5) is 4.42. The smallest absolute Gasteiger partial charge is 0.141 e. The van der Waals surface area contributed by atoms with E-state index in [0.717, 1.165) is 12.2 Å². The van der Waals surface area contributed by atoms with Crippen molar-refractivity contribution >= 4 is 0 Å². The molecule has 0 spiro atoms. The molecule has 1 aliphatic heterocycles. The molecule has 1 unspecified atom stereocenters. The third-order valence-electron chi connectivity index (χ3n) is 3.00. The van der Waals surface area contributed by atoms with Crippen LogP contribution in [0.3, 0.4) is 0 Å². The van der Waals surface area contributed by atoms with Crippen LogP contribution in [0.15, 0.2) is 12.3 Å². The molecule has 2 heteroatoms. The Kier molecular flexibility index (Phi) is 2.68. The van der Waals surface area contributed by atoms with Gasteiger partial charge in [-0.25, -0.2) is 0 Å². The molecule has 2 heterocycles. The molecule has 1 atom stereocenters. The van der Waals surface area contributed by atoms with Crippen molar-refractivity contribution in [1.29, 1.82) is 0 Å². The van der Waals surface area contributed by atoms with Gasteiger partial charge in [0.1, 0.15) is 11.9 Å². The van der Waals surface area contributed by atoms with Gasteiger partial charge in [-0.15, -0.1) is 0 Å². The highest BCUT2D eigenvalue weighted by molar-refractivity contribution is 5.37.